The highest BCUT2D eigenvalue weighted by atomic mass is 19.3. The van der Waals surface area contributed by atoms with E-state index in [1.54, 1.807) is 0 Å². The van der Waals surface area contributed by atoms with E-state index < -0.39 is 6.43 Å². The average Bonchev–Trinajstić information content (AvgIpc) is 2.23. The molecule has 0 radical (unpaired) electrons. The van der Waals surface area contributed by atoms with Gasteiger partial charge >= 0.3 is 0 Å². The summed E-state index contributed by atoms with van der Waals surface area (Å²) in [5.74, 6) is 0.141. The van der Waals surface area contributed by atoms with Crippen LogP contribution >= 0.6 is 0 Å². The number of alkyl halides is 2. The second-order valence-electron chi connectivity index (χ2n) is 3.46. The molecule has 7 heteroatoms. The van der Waals surface area contributed by atoms with Crippen LogP contribution in [-0.4, -0.2) is 53.7 Å². The lowest BCUT2D eigenvalue weighted by molar-refractivity contribution is 0.0776. The molecule has 0 saturated heterocycles. The topological polar surface area (TPSA) is 82.1 Å². The summed E-state index contributed by atoms with van der Waals surface area (Å²) in [6.07, 6.45) is -0.613. The van der Waals surface area contributed by atoms with Crippen LogP contribution in [0.25, 0.3) is 0 Å². The lowest BCUT2D eigenvalue weighted by Gasteiger charge is -2.20. The van der Waals surface area contributed by atoms with Gasteiger partial charge in [0.25, 0.3) is 6.43 Å². The number of oxime groups is 1. The fraction of sp³-hybridized carbons (Fsp3) is 0.889. The van der Waals surface area contributed by atoms with Crippen molar-refractivity contribution in [2.24, 2.45) is 10.9 Å². The predicted molar refractivity (Wildman–Crippen MR) is 56.8 cm³/mol. The summed E-state index contributed by atoms with van der Waals surface area (Å²) in [5, 5.41) is 19.8. The molecule has 16 heavy (non-hydrogen) atoms. The molecule has 0 aliphatic rings. The summed E-state index contributed by atoms with van der Waals surface area (Å²) < 4.78 is 24.2. The monoisotopic (exact) mass is 239 g/mol. The number of hydrogen-bond donors (Lipinski definition) is 3. The third-order valence-electron chi connectivity index (χ3n) is 2.10. The molecule has 0 aromatic rings. The minimum absolute atomic E-state index is 0.132. The maximum Gasteiger partial charge on any atom is 0.251 e. The molecule has 96 valence electrons. The Labute approximate surface area is 93.5 Å². The van der Waals surface area contributed by atoms with Crippen LogP contribution in [0.4, 0.5) is 8.78 Å². The number of unbranched alkanes of at least 4 members (excludes halogenated alkanes) is 1. The second-order valence-corrected chi connectivity index (χ2v) is 3.46. The van der Waals surface area contributed by atoms with Crippen molar-refractivity contribution in [3.05, 3.63) is 0 Å². The number of aliphatic hydroxyl groups excluding tert-OH is 1. The Morgan fingerprint density at radius 2 is 2.00 bits per heavy atom. The van der Waals surface area contributed by atoms with Crippen LogP contribution in [-0.2, 0) is 0 Å². The molecule has 0 bridgehead atoms. The molecule has 0 fully saturated rings. The molecule has 0 amide bonds. The molecule has 0 heterocycles. The highest BCUT2D eigenvalue weighted by Gasteiger charge is 2.10. The first kappa shape index (κ1) is 15.0. The van der Waals surface area contributed by atoms with E-state index in [2.05, 4.69) is 5.16 Å². The zero-order chi connectivity index (χ0) is 12.4. The van der Waals surface area contributed by atoms with Crippen molar-refractivity contribution in [2.45, 2.75) is 25.7 Å². The van der Waals surface area contributed by atoms with Crippen LogP contribution in [0, 0.1) is 0 Å². The minimum atomic E-state index is -2.39. The van der Waals surface area contributed by atoms with E-state index in [9.17, 15) is 8.78 Å². The molecule has 0 rings (SSSR count). The van der Waals surface area contributed by atoms with Gasteiger partial charge < -0.3 is 16.0 Å². The molecular weight excluding hydrogens is 220 g/mol. The molecule has 0 atom stereocenters. The van der Waals surface area contributed by atoms with E-state index >= 15 is 0 Å². The largest absolute Gasteiger partial charge is 0.409 e. The third-order valence-corrected chi connectivity index (χ3v) is 2.10. The highest BCUT2D eigenvalue weighted by molar-refractivity contribution is 5.79. The van der Waals surface area contributed by atoms with Gasteiger partial charge in [-0.25, -0.2) is 8.78 Å². The van der Waals surface area contributed by atoms with Gasteiger partial charge in [-0.15, -0.1) is 0 Å². The number of nitrogens with two attached hydrogens (primary N) is 1. The summed E-state index contributed by atoms with van der Waals surface area (Å²) >= 11 is 0. The minimum Gasteiger partial charge on any atom is -0.409 e. The van der Waals surface area contributed by atoms with E-state index in [4.69, 9.17) is 16.0 Å². The number of amidine groups is 1. The van der Waals surface area contributed by atoms with Crippen LogP contribution < -0.4 is 5.73 Å². The molecule has 0 unspecified atom stereocenters. The predicted octanol–water partition coefficient (Wildman–Crippen LogP) is 0.462. The first-order chi connectivity index (χ1) is 7.60. The summed E-state index contributed by atoms with van der Waals surface area (Å²) in [6, 6.07) is 0. The summed E-state index contributed by atoms with van der Waals surface area (Å²) in [5.41, 5.74) is 5.26. The molecule has 0 spiro atoms. The van der Waals surface area contributed by atoms with Crippen molar-refractivity contribution >= 4 is 5.84 Å². The van der Waals surface area contributed by atoms with E-state index in [0.717, 1.165) is 0 Å². The number of halogens is 2. The van der Waals surface area contributed by atoms with Crippen molar-refractivity contribution in [3.63, 3.8) is 0 Å². The van der Waals surface area contributed by atoms with Gasteiger partial charge in [-0.3, -0.25) is 4.90 Å². The van der Waals surface area contributed by atoms with Crippen LogP contribution in [0.5, 0.6) is 0 Å². The van der Waals surface area contributed by atoms with Gasteiger partial charge in [0, 0.05) is 13.0 Å². The molecule has 5 nitrogen and oxygen atoms in total. The molecule has 0 aromatic heterocycles. The smallest absolute Gasteiger partial charge is 0.251 e. The van der Waals surface area contributed by atoms with E-state index in [1.165, 1.54) is 4.90 Å². The highest BCUT2D eigenvalue weighted by Crippen LogP contribution is 2.02. The number of aliphatic hydroxyl groups is 1. The summed E-state index contributed by atoms with van der Waals surface area (Å²) in [6.45, 7) is 0.259. The van der Waals surface area contributed by atoms with Crippen LogP contribution in [0.2, 0.25) is 0 Å². The van der Waals surface area contributed by atoms with Crippen molar-refractivity contribution in [2.75, 3.05) is 26.2 Å². The van der Waals surface area contributed by atoms with Gasteiger partial charge in [-0.1, -0.05) is 5.16 Å². The number of nitrogens with zero attached hydrogens (tertiary/aromatic N) is 2. The first-order valence-corrected chi connectivity index (χ1v) is 5.18. The van der Waals surface area contributed by atoms with Crippen molar-refractivity contribution in [3.8, 4) is 0 Å². The number of hydrogen-bond acceptors (Lipinski definition) is 4. The normalized spacial score (nSPS) is 12.7. The fourth-order valence-electron chi connectivity index (χ4n) is 1.32. The molecule has 0 aliphatic carbocycles. The Hall–Kier alpha value is -0.950. The molecule has 0 aromatic carbocycles. The number of rotatable bonds is 9. The Kier molecular flexibility index (Phi) is 8.74. The zero-order valence-corrected chi connectivity index (χ0v) is 9.15. The van der Waals surface area contributed by atoms with Gasteiger partial charge in [-0.05, 0) is 19.4 Å². The van der Waals surface area contributed by atoms with Gasteiger partial charge in [0.05, 0.1) is 13.2 Å². The lowest BCUT2D eigenvalue weighted by Crippen LogP contribution is -2.32. The van der Waals surface area contributed by atoms with E-state index in [1.807, 2.05) is 0 Å². The van der Waals surface area contributed by atoms with Crippen molar-refractivity contribution in [1.82, 2.24) is 4.90 Å². The average molecular weight is 239 g/mol. The zero-order valence-electron chi connectivity index (χ0n) is 9.15. The Balaban J connectivity index is 3.67. The van der Waals surface area contributed by atoms with Gasteiger partial charge in [0.15, 0.2) is 0 Å². The maximum atomic E-state index is 12.1. The second kappa shape index (κ2) is 9.29. The van der Waals surface area contributed by atoms with Crippen LogP contribution in [0.3, 0.4) is 0 Å². The standard InChI is InChI=1S/C9H19F2N3O2/c10-8(11)7-14(5-6-15)4-2-1-3-9(12)13-16/h8,15-16H,1-7H2,(H2,12,13). The van der Waals surface area contributed by atoms with Crippen molar-refractivity contribution in [1.29, 1.82) is 0 Å². The van der Waals surface area contributed by atoms with E-state index in [-0.39, 0.29) is 25.5 Å². The Bertz CT molecular complexity index is 203. The van der Waals surface area contributed by atoms with Gasteiger partial charge in [0.1, 0.15) is 5.84 Å². The first-order valence-electron chi connectivity index (χ1n) is 5.18. The Morgan fingerprint density at radius 3 is 2.50 bits per heavy atom. The van der Waals surface area contributed by atoms with Crippen LogP contribution in [0.15, 0.2) is 5.16 Å². The molecular formula is C9H19F2N3O2. The molecule has 0 aliphatic heterocycles. The Morgan fingerprint density at radius 1 is 1.31 bits per heavy atom. The lowest BCUT2D eigenvalue weighted by atomic mass is 10.2. The summed E-state index contributed by atoms with van der Waals surface area (Å²) in [7, 11) is 0. The fourth-order valence-corrected chi connectivity index (χ4v) is 1.32. The third kappa shape index (κ3) is 8.37. The van der Waals surface area contributed by atoms with Crippen molar-refractivity contribution < 1.29 is 19.1 Å². The van der Waals surface area contributed by atoms with Gasteiger partial charge in [-0.2, -0.15) is 0 Å². The molecule has 0 saturated carbocycles. The van der Waals surface area contributed by atoms with Crippen LogP contribution in [0.1, 0.15) is 19.3 Å². The SMILES string of the molecule is NC(CCCCN(CCO)CC(F)F)=NO. The summed E-state index contributed by atoms with van der Waals surface area (Å²) in [4.78, 5) is 1.50. The van der Waals surface area contributed by atoms with Gasteiger partial charge in [0.2, 0.25) is 0 Å². The quantitative estimate of drug-likeness (QED) is 0.179. The molecule has 4 N–H and O–H groups in total. The van der Waals surface area contributed by atoms with E-state index in [0.29, 0.717) is 25.8 Å². The maximum absolute atomic E-state index is 12.1.